The molecule has 7 nitrogen and oxygen atoms in total. The van der Waals surface area contributed by atoms with Crippen molar-refractivity contribution in [3.63, 3.8) is 0 Å². The van der Waals surface area contributed by atoms with Crippen LogP contribution in [0.3, 0.4) is 0 Å². The van der Waals surface area contributed by atoms with Crippen LogP contribution in [-0.2, 0) is 19.6 Å². The van der Waals surface area contributed by atoms with Crippen molar-refractivity contribution in [3.05, 3.63) is 60.0 Å². The van der Waals surface area contributed by atoms with E-state index >= 15 is 0 Å². The molecule has 0 atom stereocenters. The fourth-order valence-electron chi connectivity index (χ4n) is 3.93. The van der Waals surface area contributed by atoms with Crippen LogP contribution in [0.25, 0.3) is 0 Å². The van der Waals surface area contributed by atoms with E-state index in [1.165, 1.54) is 5.56 Å². The highest BCUT2D eigenvalue weighted by atomic mass is 15.3. The quantitative estimate of drug-likeness (QED) is 0.672. The van der Waals surface area contributed by atoms with E-state index in [4.69, 9.17) is 0 Å². The molecule has 3 aromatic rings. The molecule has 1 aliphatic rings. The van der Waals surface area contributed by atoms with Crippen molar-refractivity contribution in [1.29, 1.82) is 0 Å². The molecule has 0 N–H and O–H groups in total. The number of piperidine rings is 1. The van der Waals surface area contributed by atoms with Crippen molar-refractivity contribution in [1.82, 2.24) is 34.2 Å². The SMILES string of the molecule is CCn1c(Cn2ccnc2C)nnc1C1CCN(Cc2cccnc2)CC1. The van der Waals surface area contributed by atoms with Crippen LogP contribution in [-0.4, -0.2) is 47.3 Å². The second-order valence-corrected chi connectivity index (χ2v) is 7.23. The number of likely N-dealkylation sites (tertiary alicyclic amines) is 1. The summed E-state index contributed by atoms with van der Waals surface area (Å²) in [4.78, 5) is 11.0. The summed E-state index contributed by atoms with van der Waals surface area (Å²) in [6.07, 6.45) is 9.88. The molecule has 1 fully saturated rings. The number of rotatable bonds is 6. The lowest BCUT2D eigenvalue weighted by molar-refractivity contribution is 0.200. The average molecular weight is 365 g/mol. The van der Waals surface area contributed by atoms with E-state index in [2.05, 4.69) is 47.2 Å². The molecule has 0 amide bonds. The highest BCUT2D eigenvalue weighted by Crippen LogP contribution is 2.28. The Bertz CT molecular complexity index is 860. The van der Waals surface area contributed by atoms with Crippen molar-refractivity contribution >= 4 is 0 Å². The molecule has 3 aromatic heterocycles. The molecule has 7 heteroatoms. The molecule has 0 bridgehead atoms. The van der Waals surface area contributed by atoms with Crippen LogP contribution >= 0.6 is 0 Å². The molecule has 0 radical (unpaired) electrons. The predicted molar refractivity (Wildman–Crippen MR) is 103 cm³/mol. The summed E-state index contributed by atoms with van der Waals surface area (Å²) in [6.45, 7) is 8.98. The Morgan fingerprint density at radius 3 is 2.63 bits per heavy atom. The molecular weight excluding hydrogens is 338 g/mol. The Balaban J connectivity index is 1.41. The van der Waals surface area contributed by atoms with Gasteiger partial charge >= 0.3 is 0 Å². The predicted octanol–water partition coefficient (Wildman–Crippen LogP) is 2.63. The molecule has 27 heavy (non-hydrogen) atoms. The van der Waals surface area contributed by atoms with Crippen molar-refractivity contribution in [3.8, 4) is 0 Å². The van der Waals surface area contributed by atoms with E-state index < -0.39 is 0 Å². The van der Waals surface area contributed by atoms with Crippen LogP contribution in [0.1, 0.15) is 48.7 Å². The Morgan fingerprint density at radius 2 is 1.96 bits per heavy atom. The van der Waals surface area contributed by atoms with Crippen LogP contribution in [0.15, 0.2) is 36.9 Å². The lowest BCUT2D eigenvalue weighted by atomic mass is 9.95. The van der Waals surface area contributed by atoms with Gasteiger partial charge in [0.2, 0.25) is 0 Å². The van der Waals surface area contributed by atoms with E-state index in [9.17, 15) is 0 Å². The number of imidazole rings is 1. The molecule has 1 saturated heterocycles. The Hall–Kier alpha value is -2.54. The second-order valence-electron chi connectivity index (χ2n) is 7.23. The maximum Gasteiger partial charge on any atom is 0.153 e. The summed E-state index contributed by atoms with van der Waals surface area (Å²) in [5.74, 6) is 3.66. The summed E-state index contributed by atoms with van der Waals surface area (Å²) in [6, 6.07) is 4.16. The van der Waals surface area contributed by atoms with Gasteiger partial charge in [0.05, 0.1) is 6.54 Å². The molecule has 0 unspecified atom stereocenters. The third kappa shape index (κ3) is 3.93. The van der Waals surface area contributed by atoms with Crippen LogP contribution in [0.4, 0.5) is 0 Å². The smallest absolute Gasteiger partial charge is 0.153 e. The van der Waals surface area contributed by atoms with E-state index in [0.29, 0.717) is 5.92 Å². The molecule has 0 spiro atoms. The van der Waals surface area contributed by atoms with Gasteiger partial charge in [0, 0.05) is 43.8 Å². The van der Waals surface area contributed by atoms with Gasteiger partial charge < -0.3 is 9.13 Å². The number of hydrogen-bond acceptors (Lipinski definition) is 5. The van der Waals surface area contributed by atoms with Gasteiger partial charge in [-0.15, -0.1) is 10.2 Å². The lowest BCUT2D eigenvalue weighted by Crippen LogP contribution is -2.33. The van der Waals surface area contributed by atoms with Crippen LogP contribution in [0.5, 0.6) is 0 Å². The minimum atomic E-state index is 0.486. The molecule has 4 rings (SSSR count). The zero-order valence-corrected chi connectivity index (χ0v) is 16.1. The van der Waals surface area contributed by atoms with Gasteiger partial charge in [-0.05, 0) is 51.4 Å². The van der Waals surface area contributed by atoms with E-state index in [1.54, 1.807) is 0 Å². The van der Waals surface area contributed by atoms with Crippen LogP contribution in [0.2, 0.25) is 0 Å². The third-order valence-electron chi connectivity index (χ3n) is 5.49. The Labute approximate surface area is 160 Å². The minimum absolute atomic E-state index is 0.486. The Kier molecular flexibility index (Phi) is 5.29. The average Bonchev–Trinajstić information content (AvgIpc) is 3.29. The standard InChI is InChI=1S/C20H27N7/c1-3-27-19(15-26-12-9-22-16(26)2)23-24-20(27)18-6-10-25(11-7-18)14-17-5-4-8-21-13-17/h4-5,8-9,12-13,18H,3,6-7,10-11,14-15H2,1-2H3. The van der Waals surface area contributed by atoms with E-state index in [-0.39, 0.29) is 0 Å². The number of pyridine rings is 1. The molecule has 0 saturated carbocycles. The van der Waals surface area contributed by atoms with Gasteiger partial charge in [0.15, 0.2) is 5.82 Å². The molecule has 0 aliphatic carbocycles. The van der Waals surface area contributed by atoms with E-state index in [1.807, 2.05) is 37.8 Å². The van der Waals surface area contributed by atoms with Gasteiger partial charge in [-0.1, -0.05) is 6.07 Å². The first-order chi connectivity index (χ1) is 13.2. The maximum atomic E-state index is 4.58. The normalized spacial score (nSPS) is 16.1. The van der Waals surface area contributed by atoms with Crippen molar-refractivity contribution < 1.29 is 0 Å². The topological polar surface area (TPSA) is 64.7 Å². The summed E-state index contributed by atoms with van der Waals surface area (Å²) >= 11 is 0. The fraction of sp³-hybridized carbons (Fsp3) is 0.500. The van der Waals surface area contributed by atoms with Crippen molar-refractivity contribution in [2.24, 2.45) is 0 Å². The van der Waals surface area contributed by atoms with Gasteiger partial charge in [-0.25, -0.2) is 4.98 Å². The van der Waals surface area contributed by atoms with Gasteiger partial charge in [-0.3, -0.25) is 9.88 Å². The number of hydrogen-bond donors (Lipinski definition) is 0. The first kappa shape index (κ1) is 17.9. The number of aromatic nitrogens is 6. The first-order valence-corrected chi connectivity index (χ1v) is 9.75. The highest BCUT2D eigenvalue weighted by molar-refractivity contribution is 5.09. The van der Waals surface area contributed by atoms with Crippen molar-refractivity contribution in [2.45, 2.75) is 52.2 Å². The third-order valence-corrected chi connectivity index (χ3v) is 5.49. The molecule has 0 aromatic carbocycles. The zero-order valence-electron chi connectivity index (χ0n) is 16.1. The number of nitrogens with zero attached hydrogens (tertiary/aromatic N) is 7. The summed E-state index contributed by atoms with van der Waals surface area (Å²) in [5, 5.41) is 9.09. The maximum absolute atomic E-state index is 4.58. The highest BCUT2D eigenvalue weighted by Gasteiger charge is 2.26. The van der Waals surface area contributed by atoms with Crippen LogP contribution < -0.4 is 0 Å². The molecule has 142 valence electrons. The van der Waals surface area contributed by atoms with Crippen molar-refractivity contribution in [2.75, 3.05) is 13.1 Å². The molecule has 4 heterocycles. The second kappa shape index (κ2) is 8.00. The minimum Gasteiger partial charge on any atom is -0.328 e. The summed E-state index contributed by atoms with van der Waals surface area (Å²) in [5.41, 5.74) is 1.28. The molecular formula is C20H27N7. The fourth-order valence-corrected chi connectivity index (χ4v) is 3.93. The first-order valence-electron chi connectivity index (χ1n) is 9.75. The summed E-state index contributed by atoms with van der Waals surface area (Å²) in [7, 11) is 0. The Morgan fingerprint density at radius 1 is 1.11 bits per heavy atom. The van der Waals surface area contributed by atoms with Gasteiger partial charge in [-0.2, -0.15) is 0 Å². The van der Waals surface area contributed by atoms with Crippen LogP contribution in [0, 0.1) is 6.92 Å². The van der Waals surface area contributed by atoms with E-state index in [0.717, 1.165) is 63.0 Å². The van der Waals surface area contributed by atoms with Gasteiger partial charge in [0.1, 0.15) is 11.6 Å². The molecule has 1 aliphatic heterocycles. The number of aryl methyl sites for hydroxylation is 1. The monoisotopic (exact) mass is 365 g/mol. The largest absolute Gasteiger partial charge is 0.328 e. The summed E-state index contributed by atoms with van der Waals surface area (Å²) < 4.78 is 4.41. The zero-order chi connectivity index (χ0) is 18.6. The van der Waals surface area contributed by atoms with Gasteiger partial charge in [0.25, 0.3) is 0 Å². The lowest BCUT2D eigenvalue weighted by Gasteiger charge is -2.31.